The van der Waals surface area contributed by atoms with E-state index in [0.717, 1.165) is 12.5 Å². The molecule has 1 aliphatic rings. The van der Waals surface area contributed by atoms with E-state index in [1.807, 2.05) is 6.07 Å². The maximum atomic E-state index is 4.25. The van der Waals surface area contributed by atoms with E-state index >= 15 is 0 Å². The van der Waals surface area contributed by atoms with E-state index in [1.54, 1.807) is 12.4 Å². The first kappa shape index (κ1) is 20.7. The Labute approximate surface area is 156 Å². The third-order valence-electron chi connectivity index (χ3n) is 4.51. The highest BCUT2D eigenvalue weighted by Crippen LogP contribution is 2.23. The summed E-state index contributed by atoms with van der Waals surface area (Å²) in [4.78, 5) is 11.1. The predicted molar refractivity (Wildman–Crippen MR) is 104 cm³/mol. The summed E-state index contributed by atoms with van der Waals surface area (Å²) in [5.41, 5.74) is 1.41. The topological polar surface area (TPSA) is 41.1 Å². The number of hydrogen-bond donors (Lipinski definition) is 1. The molecule has 24 heavy (non-hydrogen) atoms. The summed E-state index contributed by atoms with van der Waals surface area (Å²) < 4.78 is 0. The lowest BCUT2D eigenvalue weighted by Crippen LogP contribution is -2.39. The van der Waals surface area contributed by atoms with Gasteiger partial charge >= 0.3 is 0 Å². The van der Waals surface area contributed by atoms with Gasteiger partial charge in [0.1, 0.15) is 0 Å². The smallest absolute Gasteiger partial charge is 0.222 e. The van der Waals surface area contributed by atoms with Crippen LogP contribution in [0.1, 0.15) is 25.3 Å². The number of aromatic nitrogens is 2. The average Bonchev–Trinajstić information content (AvgIpc) is 2.57. The van der Waals surface area contributed by atoms with Gasteiger partial charge in [0, 0.05) is 25.0 Å². The number of rotatable bonds is 5. The number of halogens is 2. The summed E-state index contributed by atoms with van der Waals surface area (Å²) in [5.74, 6) is 1.43. The Balaban J connectivity index is 0.00000144. The second-order valence-electron chi connectivity index (χ2n) is 6.10. The second-order valence-corrected chi connectivity index (χ2v) is 6.10. The summed E-state index contributed by atoms with van der Waals surface area (Å²) in [7, 11) is 0. The number of likely N-dealkylation sites (tertiary alicyclic amines) is 1. The summed E-state index contributed by atoms with van der Waals surface area (Å²) in [5, 5.41) is 3.44. The maximum Gasteiger partial charge on any atom is 0.222 e. The molecule has 4 nitrogen and oxygen atoms in total. The fraction of sp³-hybridized carbons (Fsp3) is 0.444. The molecule has 0 spiro atoms. The van der Waals surface area contributed by atoms with Gasteiger partial charge in [0.15, 0.2) is 0 Å². The van der Waals surface area contributed by atoms with Gasteiger partial charge in [-0.1, -0.05) is 30.3 Å². The third-order valence-corrected chi connectivity index (χ3v) is 4.51. The number of hydrogen-bond acceptors (Lipinski definition) is 4. The minimum absolute atomic E-state index is 0. The Kier molecular flexibility index (Phi) is 9.04. The molecule has 3 rings (SSSR count). The molecule has 1 unspecified atom stereocenters. The van der Waals surface area contributed by atoms with Crippen LogP contribution in [0.5, 0.6) is 0 Å². The van der Waals surface area contributed by atoms with E-state index in [0.29, 0.717) is 12.0 Å². The Hall–Kier alpha value is -1.36. The number of anilines is 1. The van der Waals surface area contributed by atoms with Crippen molar-refractivity contribution in [2.75, 3.05) is 18.4 Å². The first-order chi connectivity index (χ1) is 10.8. The number of nitrogens with one attached hydrogen (secondary N) is 1. The van der Waals surface area contributed by atoms with Crippen LogP contribution in [0.25, 0.3) is 0 Å². The fourth-order valence-corrected chi connectivity index (χ4v) is 3.15. The quantitative estimate of drug-likeness (QED) is 0.864. The van der Waals surface area contributed by atoms with Crippen molar-refractivity contribution >= 4 is 30.8 Å². The number of benzene rings is 1. The summed E-state index contributed by atoms with van der Waals surface area (Å²) in [6.07, 6.45) is 6.02. The third kappa shape index (κ3) is 5.93. The molecule has 0 amide bonds. The van der Waals surface area contributed by atoms with Gasteiger partial charge in [-0.2, -0.15) is 0 Å². The van der Waals surface area contributed by atoms with Crippen LogP contribution in [0.4, 0.5) is 5.95 Å². The van der Waals surface area contributed by atoms with Crippen LogP contribution in [0.2, 0.25) is 0 Å². The highest BCUT2D eigenvalue weighted by molar-refractivity contribution is 5.85. The molecule has 0 radical (unpaired) electrons. The van der Waals surface area contributed by atoms with Crippen molar-refractivity contribution in [1.82, 2.24) is 14.9 Å². The first-order valence-electron chi connectivity index (χ1n) is 8.11. The molecule has 1 fully saturated rings. The zero-order valence-corrected chi connectivity index (χ0v) is 15.6. The molecular formula is C18H26Cl2N4. The zero-order valence-electron chi connectivity index (χ0n) is 14.0. The van der Waals surface area contributed by atoms with Gasteiger partial charge in [0.25, 0.3) is 0 Å². The van der Waals surface area contributed by atoms with Crippen molar-refractivity contribution < 1.29 is 0 Å². The minimum atomic E-state index is 0. The minimum Gasteiger partial charge on any atom is -0.351 e. The zero-order chi connectivity index (χ0) is 15.2. The predicted octanol–water partition coefficient (Wildman–Crippen LogP) is 4.03. The Morgan fingerprint density at radius 1 is 1.04 bits per heavy atom. The molecule has 1 atom stereocenters. The molecule has 2 heterocycles. The van der Waals surface area contributed by atoms with Gasteiger partial charge < -0.3 is 5.32 Å². The van der Waals surface area contributed by atoms with Gasteiger partial charge in [-0.25, -0.2) is 9.97 Å². The lowest BCUT2D eigenvalue weighted by atomic mass is 9.90. The van der Waals surface area contributed by atoms with Crippen LogP contribution < -0.4 is 5.32 Å². The van der Waals surface area contributed by atoms with Gasteiger partial charge in [0.05, 0.1) is 0 Å². The highest BCUT2D eigenvalue weighted by Gasteiger charge is 2.24. The Bertz CT molecular complexity index is 560. The molecule has 1 N–H and O–H groups in total. The van der Waals surface area contributed by atoms with E-state index in [2.05, 4.69) is 57.4 Å². The van der Waals surface area contributed by atoms with Crippen molar-refractivity contribution in [2.24, 2.45) is 5.92 Å². The van der Waals surface area contributed by atoms with Crippen LogP contribution in [-0.4, -0.2) is 34.0 Å². The highest BCUT2D eigenvalue weighted by atomic mass is 35.5. The van der Waals surface area contributed by atoms with E-state index < -0.39 is 0 Å². The van der Waals surface area contributed by atoms with Gasteiger partial charge in [0.2, 0.25) is 5.95 Å². The van der Waals surface area contributed by atoms with E-state index in [4.69, 9.17) is 0 Å². The number of piperidine rings is 1. The standard InChI is InChI=1S/C18H24N4.2ClH/c1-15(21-18-19-10-5-11-20-18)17-8-12-22(13-9-17)14-16-6-3-2-4-7-16;;/h2-7,10-11,15,17H,8-9,12-14H2,1H3,(H,19,20,21);2*1H. The van der Waals surface area contributed by atoms with Crippen molar-refractivity contribution in [3.05, 3.63) is 54.4 Å². The normalized spacial score (nSPS) is 16.5. The molecule has 2 aromatic rings. The van der Waals surface area contributed by atoms with Gasteiger partial charge in [-0.15, -0.1) is 24.8 Å². The lowest BCUT2D eigenvalue weighted by molar-refractivity contribution is 0.169. The van der Waals surface area contributed by atoms with Crippen LogP contribution in [0.3, 0.4) is 0 Å². The van der Waals surface area contributed by atoms with E-state index in [-0.39, 0.29) is 24.8 Å². The summed E-state index contributed by atoms with van der Waals surface area (Å²) in [6, 6.07) is 13.0. The summed E-state index contributed by atoms with van der Waals surface area (Å²) in [6.45, 7) is 5.65. The van der Waals surface area contributed by atoms with Crippen LogP contribution >= 0.6 is 24.8 Å². The van der Waals surface area contributed by atoms with Crippen LogP contribution in [0, 0.1) is 5.92 Å². The molecule has 132 valence electrons. The molecule has 1 aliphatic heterocycles. The summed E-state index contributed by atoms with van der Waals surface area (Å²) >= 11 is 0. The lowest BCUT2D eigenvalue weighted by Gasteiger charge is -2.35. The van der Waals surface area contributed by atoms with Crippen LogP contribution in [0.15, 0.2) is 48.8 Å². The van der Waals surface area contributed by atoms with Crippen LogP contribution in [-0.2, 0) is 6.54 Å². The molecule has 0 saturated carbocycles. The Morgan fingerprint density at radius 3 is 2.29 bits per heavy atom. The fourth-order valence-electron chi connectivity index (χ4n) is 3.15. The van der Waals surface area contributed by atoms with Gasteiger partial charge in [-0.3, -0.25) is 4.90 Å². The molecule has 1 aromatic heterocycles. The number of nitrogens with zero attached hydrogens (tertiary/aromatic N) is 3. The largest absolute Gasteiger partial charge is 0.351 e. The second kappa shape index (κ2) is 10.5. The average molecular weight is 369 g/mol. The Morgan fingerprint density at radius 2 is 1.67 bits per heavy atom. The molecule has 6 heteroatoms. The van der Waals surface area contributed by atoms with Crippen molar-refractivity contribution in [2.45, 2.75) is 32.4 Å². The van der Waals surface area contributed by atoms with Crippen molar-refractivity contribution in [3.8, 4) is 0 Å². The van der Waals surface area contributed by atoms with Crippen molar-refractivity contribution in [1.29, 1.82) is 0 Å². The van der Waals surface area contributed by atoms with E-state index in [9.17, 15) is 0 Å². The monoisotopic (exact) mass is 368 g/mol. The SMILES string of the molecule is CC(Nc1ncccn1)C1CCN(Cc2ccccc2)CC1.Cl.Cl. The molecular weight excluding hydrogens is 343 g/mol. The van der Waals surface area contributed by atoms with E-state index in [1.165, 1.54) is 31.5 Å². The first-order valence-corrected chi connectivity index (χ1v) is 8.11. The molecule has 1 aromatic carbocycles. The van der Waals surface area contributed by atoms with Gasteiger partial charge in [-0.05, 0) is 50.4 Å². The molecule has 0 aliphatic carbocycles. The van der Waals surface area contributed by atoms with Crippen molar-refractivity contribution in [3.63, 3.8) is 0 Å². The maximum absolute atomic E-state index is 4.25. The molecule has 0 bridgehead atoms. The molecule has 1 saturated heterocycles.